The Morgan fingerprint density at radius 1 is 1.50 bits per heavy atom. The van der Waals surface area contributed by atoms with Gasteiger partial charge in [0.25, 0.3) is 0 Å². The van der Waals surface area contributed by atoms with Gasteiger partial charge in [-0.3, -0.25) is 9.63 Å². The lowest BCUT2D eigenvalue weighted by Gasteiger charge is -2.27. The zero-order valence-electron chi connectivity index (χ0n) is 6.90. The number of nitrogens with zero attached hydrogens (tertiary/aromatic N) is 1. The Labute approximate surface area is 71.1 Å². The maximum absolute atomic E-state index is 11.5. The van der Waals surface area contributed by atoms with E-state index in [4.69, 9.17) is 9.94 Å². The molecule has 2 rings (SSSR count). The van der Waals surface area contributed by atoms with E-state index in [-0.39, 0.29) is 18.4 Å². The third kappa shape index (κ3) is 1.32. The Morgan fingerprint density at radius 3 is 2.67 bits per heavy atom. The van der Waals surface area contributed by atoms with Gasteiger partial charge in [0.2, 0.25) is 5.91 Å². The van der Waals surface area contributed by atoms with E-state index in [2.05, 4.69) is 0 Å². The molecule has 1 saturated heterocycles. The topological polar surface area (TPSA) is 49.8 Å². The highest BCUT2D eigenvalue weighted by molar-refractivity contribution is 5.78. The predicted octanol–water partition coefficient (Wildman–Crippen LogP) is -0.0788. The molecular formula is C8H13NO3. The van der Waals surface area contributed by atoms with Crippen molar-refractivity contribution in [3.05, 3.63) is 0 Å². The van der Waals surface area contributed by atoms with Crippen LogP contribution in [0.15, 0.2) is 0 Å². The van der Waals surface area contributed by atoms with Crippen LogP contribution in [0.25, 0.3) is 0 Å². The van der Waals surface area contributed by atoms with Gasteiger partial charge < -0.3 is 5.11 Å². The van der Waals surface area contributed by atoms with Crippen molar-refractivity contribution in [2.75, 3.05) is 13.2 Å². The van der Waals surface area contributed by atoms with Crippen molar-refractivity contribution in [1.29, 1.82) is 0 Å². The van der Waals surface area contributed by atoms with Crippen LogP contribution in [-0.4, -0.2) is 35.3 Å². The summed E-state index contributed by atoms with van der Waals surface area (Å²) in [4.78, 5) is 16.5. The van der Waals surface area contributed by atoms with Gasteiger partial charge in [-0.25, -0.2) is 5.06 Å². The van der Waals surface area contributed by atoms with E-state index in [1.165, 1.54) is 5.06 Å². The lowest BCUT2D eigenvalue weighted by Crippen LogP contribution is -2.37. The second-order valence-electron chi connectivity index (χ2n) is 3.48. The zero-order chi connectivity index (χ0) is 8.55. The molecule has 2 aliphatic rings. The number of carbonyl (C=O) groups is 1. The zero-order valence-corrected chi connectivity index (χ0v) is 6.90. The van der Waals surface area contributed by atoms with Crippen molar-refractivity contribution in [3.8, 4) is 0 Å². The molecule has 0 spiro atoms. The first-order chi connectivity index (χ1) is 5.77. The summed E-state index contributed by atoms with van der Waals surface area (Å²) in [7, 11) is 0. The fourth-order valence-electron chi connectivity index (χ4n) is 1.49. The molecule has 0 bridgehead atoms. The van der Waals surface area contributed by atoms with Gasteiger partial charge in [0, 0.05) is 5.92 Å². The number of aliphatic hydroxyl groups excluding tert-OH is 1. The van der Waals surface area contributed by atoms with Crippen LogP contribution in [0, 0.1) is 5.92 Å². The molecule has 1 amide bonds. The Morgan fingerprint density at radius 2 is 2.25 bits per heavy atom. The van der Waals surface area contributed by atoms with Gasteiger partial charge in [-0.1, -0.05) is 6.42 Å². The van der Waals surface area contributed by atoms with E-state index in [0.717, 1.165) is 19.3 Å². The summed E-state index contributed by atoms with van der Waals surface area (Å²) >= 11 is 0. The number of hydrogen-bond donors (Lipinski definition) is 1. The third-order valence-electron chi connectivity index (χ3n) is 2.50. The summed E-state index contributed by atoms with van der Waals surface area (Å²) in [6, 6.07) is 0. The van der Waals surface area contributed by atoms with Crippen molar-refractivity contribution in [2.45, 2.75) is 25.4 Å². The number of hydrogen-bond acceptors (Lipinski definition) is 3. The van der Waals surface area contributed by atoms with Crippen LogP contribution in [0.2, 0.25) is 0 Å². The molecule has 68 valence electrons. The normalized spacial score (nSPS) is 30.4. The molecule has 1 heterocycles. The largest absolute Gasteiger partial charge is 0.389 e. The number of aliphatic hydroxyl groups is 1. The van der Waals surface area contributed by atoms with Crippen molar-refractivity contribution in [1.82, 2.24) is 5.06 Å². The molecule has 4 heteroatoms. The number of hydroxylamine groups is 2. The minimum Gasteiger partial charge on any atom is -0.389 e. The molecule has 1 aliphatic heterocycles. The van der Waals surface area contributed by atoms with Gasteiger partial charge in [0.15, 0.2) is 0 Å². The highest BCUT2D eigenvalue weighted by Gasteiger charge is 2.34. The smallest absolute Gasteiger partial charge is 0.249 e. The van der Waals surface area contributed by atoms with Crippen LogP contribution in [-0.2, 0) is 9.63 Å². The minimum absolute atomic E-state index is 0.0535. The molecule has 0 aromatic rings. The molecule has 1 aliphatic carbocycles. The number of rotatable bonds is 1. The van der Waals surface area contributed by atoms with Crippen LogP contribution in [0.1, 0.15) is 19.3 Å². The summed E-state index contributed by atoms with van der Waals surface area (Å²) in [6.45, 7) is 0.605. The van der Waals surface area contributed by atoms with E-state index in [0.29, 0.717) is 6.54 Å². The number of carbonyl (C=O) groups excluding carboxylic acids is 1. The fraction of sp³-hybridized carbons (Fsp3) is 0.875. The molecule has 4 nitrogen and oxygen atoms in total. The summed E-state index contributed by atoms with van der Waals surface area (Å²) in [5.74, 6) is 0.216. The number of β-amino-alcohol motifs (C(OH)–C–C–N with tert-alkyl or cyclic N) is 1. The molecule has 1 atom stereocenters. The molecule has 1 saturated carbocycles. The van der Waals surface area contributed by atoms with E-state index in [9.17, 15) is 4.79 Å². The Balaban J connectivity index is 1.87. The Kier molecular flexibility index (Phi) is 2.02. The van der Waals surface area contributed by atoms with Crippen LogP contribution < -0.4 is 0 Å². The van der Waals surface area contributed by atoms with Crippen LogP contribution >= 0.6 is 0 Å². The van der Waals surface area contributed by atoms with E-state index >= 15 is 0 Å². The van der Waals surface area contributed by atoms with Crippen molar-refractivity contribution in [2.24, 2.45) is 5.92 Å². The van der Waals surface area contributed by atoms with Crippen LogP contribution in [0.5, 0.6) is 0 Å². The molecule has 1 unspecified atom stereocenters. The van der Waals surface area contributed by atoms with E-state index in [1.54, 1.807) is 0 Å². The van der Waals surface area contributed by atoms with Crippen molar-refractivity contribution < 1.29 is 14.7 Å². The van der Waals surface area contributed by atoms with Gasteiger partial charge in [-0.05, 0) is 12.8 Å². The van der Waals surface area contributed by atoms with Gasteiger partial charge in [0.05, 0.1) is 12.6 Å². The summed E-state index contributed by atoms with van der Waals surface area (Å²) < 4.78 is 0. The average Bonchev–Trinajstić information content (AvgIpc) is 2.31. The van der Waals surface area contributed by atoms with Gasteiger partial charge in [-0.2, -0.15) is 0 Å². The highest BCUT2D eigenvalue weighted by Crippen LogP contribution is 2.29. The Bertz CT molecular complexity index is 191. The SMILES string of the molecule is O=C(C1CCC1)N1CC(O)CO1. The second kappa shape index (κ2) is 3.03. The molecule has 0 aromatic heterocycles. The molecule has 0 aromatic carbocycles. The maximum atomic E-state index is 11.5. The van der Waals surface area contributed by atoms with Crippen LogP contribution in [0.4, 0.5) is 0 Å². The molecule has 0 radical (unpaired) electrons. The molecule has 2 fully saturated rings. The monoisotopic (exact) mass is 171 g/mol. The van der Waals surface area contributed by atoms with Crippen molar-refractivity contribution in [3.63, 3.8) is 0 Å². The lowest BCUT2D eigenvalue weighted by atomic mass is 9.85. The van der Waals surface area contributed by atoms with E-state index < -0.39 is 6.10 Å². The first kappa shape index (κ1) is 8.01. The standard InChI is InChI=1S/C8H13NO3/c10-7-4-9(12-5-7)8(11)6-2-1-3-6/h6-7,10H,1-5H2. The molecule has 12 heavy (non-hydrogen) atoms. The molecule has 1 N–H and O–H groups in total. The van der Waals surface area contributed by atoms with Gasteiger partial charge in [-0.15, -0.1) is 0 Å². The fourth-order valence-corrected chi connectivity index (χ4v) is 1.49. The lowest BCUT2D eigenvalue weighted by molar-refractivity contribution is -0.176. The highest BCUT2D eigenvalue weighted by atomic mass is 16.7. The van der Waals surface area contributed by atoms with Crippen LogP contribution in [0.3, 0.4) is 0 Å². The predicted molar refractivity (Wildman–Crippen MR) is 41.0 cm³/mol. The average molecular weight is 171 g/mol. The summed E-state index contributed by atoms with van der Waals surface area (Å²) in [5, 5.41) is 10.4. The van der Waals surface area contributed by atoms with Gasteiger partial charge in [0.1, 0.15) is 6.61 Å². The summed E-state index contributed by atoms with van der Waals surface area (Å²) in [5.41, 5.74) is 0. The van der Waals surface area contributed by atoms with Gasteiger partial charge >= 0.3 is 0 Å². The number of amides is 1. The first-order valence-electron chi connectivity index (χ1n) is 4.40. The van der Waals surface area contributed by atoms with Crippen molar-refractivity contribution >= 4 is 5.91 Å². The maximum Gasteiger partial charge on any atom is 0.249 e. The summed E-state index contributed by atoms with van der Waals surface area (Å²) in [6.07, 6.45) is 2.62. The first-order valence-corrected chi connectivity index (χ1v) is 4.40. The molecular weight excluding hydrogens is 158 g/mol. The third-order valence-corrected chi connectivity index (χ3v) is 2.50. The Hall–Kier alpha value is -0.610. The minimum atomic E-state index is -0.492. The van der Waals surface area contributed by atoms with E-state index in [1.807, 2.05) is 0 Å². The quantitative estimate of drug-likeness (QED) is 0.600. The second-order valence-corrected chi connectivity index (χ2v) is 3.48.